The number of carboxylic acid groups (broad SMARTS) is 1. The first-order chi connectivity index (χ1) is 10.6. The summed E-state index contributed by atoms with van der Waals surface area (Å²) in [6, 6.07) is 9.50. The summed E-state index contributed by atoms with van der Waals surface area (Å²) in [5.74, 6) is -0.446. The van der Waals surface area contributed by atoms with E-state index in [0.717, 1.165) is 12.2 Å². The van der Waals surface area contributed by atoms with E-state index in [-0.39, 0.29) is 23.8 Å². The monoisotopic (exact) mass is 305 g/mol. The van der Waals surface area contributed by atoms with E-state index in [2.05, 4.69) is 5.32 Å². The zero-order valence-electron chi connectivity index (χ0n) is 12.8. The Morgan fingerprint density at radius 1 is 1.32 bits per heavy atom. The number of benzene rings is 1. The Labute approximate surface area is 130 Å². The number of hydrogen-bond acceptors (Lipinski definition) is 3. The van der Waals surface area contributed by atoms with E-state index in [1.807, 2.05) is 37.3 Å². The molecule has 1 amide bonds. The summed E-state index contributed by atoms with van der Waals surface area (Å²) in [4.78, 5) is 23.0. The SMILES string of the molecule is CC(CCOc1ccccc1)C(=O)N[C@H]1CC[C@@H](C(=O)O)C1. The standard InChI is InChI=1S/C17H23NO4/c1-12(9-10-22-15-5-3-2-4-6-15)16(19)18-14-8-7-13(11-14)17(20)21/h2-6,12-14H,7-11H2,1H3,(H,18,19)(H,20,21)/t12?,13-,14+/m1/s1. The number of para-hydroxylation sites is 1. The largest absolute Gasteiger partial charge is 0.494 e. The quantitative estimate of drug-likeness (QED) is 0.811. The first-order valence-corrected chi connectivity index (χ1v) is 7.77. The van der Waals surface area contributed by atoms with Gasteiger partial charge in [-0.15, -0.1) is 0 Å². The minimum Gasteiger partial charge on any atom is -0.494 e. The molecule has 2 rings (SSSR count). The Kier molecular flexibility index (Phi) is 5.81. The lowest BCUT2D eigenvalue weighted by Crippen LogP contribution is -2.37. The lowest BCUT2D eigenvalue weighted by Gasteiger charge is -2.17. The van der Waals surface area contributed by atoms with Crippen molar-refractivity contribution in [2.75, 3.05) is 6.61 Å². The third kappa shape index (κ3) is 4.76. The van der Waals surface area contributed by atoms with Gasteiger partial charge >= 0.3 is 5.97 Å². The van der Waals surface area contributed by atoms with E-state index >= 15 is 0 Å². The van der Waals surface area contributed by atoms with Crippen LogP contribution in [0.3, 0.4) is 0 Å². The van der Waals surface area contributed by atoms with E-state index in [9.17, 15) is 9.59 Å². The van der Waals surface area contributed by atoms with Crippen LogP contribution < -0.4 is 10.1 Å². The normalized spacial score (nSPS) is 22.0. The molecule has 0 aromatic heterocycles. The van der Waals surface area contributed by atoms with Gasteiger partial charge in [-0.25, -0.2) is 0 Å². The maximum atomic E-state index is 12.1. The second-order valence-corrected chi connectivity index (χ2v) is 5.90. The van der Waals surface area contributed by atoms with Crippen LogP contribution in [0.1, 0.15) is 32.6 Å². The van der Waals surface area contributed by atoms with Gasteiger partial charge < -0.3 is 15.2 Å². The topological polar surface area (TPSA) is 75.6 Å². The number of carboxylic acids is 1. The molecule has 1 saturated carbocycles. The molecule has 0 bridgehead atoms. The van der Waals surface area contributed by atoms with Crippen molar-refractivity contribution >= 4 is 11.9 Å². The molecule has 1 aromatic rings. The summed E-state index contributed by atoms with van der Waals surface area (Å²) in [6.45, 7) is 2.36. The van der Waals surface area contributed by atoms with Crippen LogP contribution in [0.4, 0.5) is 0 Å². The second kappa shape index (κ2) is 7.82. The Bertz CT molecular complexity index is 503. The summed E-state index contributed by atoms with van der Waals surface area (Å²) in [7, 11) is 0. The average molecular weight is 305 g/mol. The van der Waals surface area contributed by atoms with E-state index in [4.69, 9.17) is 9.84 Å². The maximum Gasteiger partial charge on any atom is 0.306 e. The van der Waals surface area contributed by atoms with Gasteiger partial charge in [-0.1, -0.05) is 25.1 Å². The van der Waals surface area contributed by atoms with Crippen molar-refractivity contribution in [3.05, 3.63) is 30.3 Å². The summed E-state index contributed by atoms with van der Waals surface area (Å²) in [5, 5.41) is 11.9. The zero-order chi connectivity index (χ0) is 15.9. The van der Waals surface area contributed by atoms with Crippen molar-refractivity contribution in [2.45, 2.75) is 38.6 Å². The minimum atomic E-state index is -0.763. The fraction of sp³-hybridized carbons (Fsp3) is 0.529. The van der Waals surface area contributed by atoms with Gasteiger partial charge in [-0.2, -0.15) is 0 Å². The van der Waals surface area contributed by atoms with Crippen molar-refractivity contribution in [1.82, 2.24) is 5.32 Å². The predicted molar refractivity (Wildman–Crippen MR) is 82.6 cm³/mol. The van der Waals surface area contributed by atoms with E-state index in [1.54, 1.807) is 0 Å². The molecule has 0 aliphatic heterocycles. The average Bonchev–Trinajstić information content (AvgIpc) is 2.97. The molecule has 3 atom stereocenters. The highest BCUT2D eigenvalue weighted by Gasteiger charge is 2.31. The van der Waals surface area contributed by atoms with Gasteiger partial charge in [0, 0.05) is 12.0 Å². The molecular weight excluding hydrogens is 282 g/mol. The molecule has 0 radical (unpaired) electrons. The molecule has 1 aliphatic carbocycles. The molecule has 2 N–H and O–H groups in total. The predicted octanol–water partition coefficient (Wildman–Crippen LogP) is 2.46. The van der Waals surface area contributed by atoms with Gasteiger partial charge in [0.15, 0.2) is 0 Å². The highest BCUT2D eigenvalue weighted by Crippen LogP contribution is 2.26. The number of carbonyl (C=O) groups excluding carboxylic acids is 1. The number of ether oxygens (including phenoxy) is 1. The number of amides is 1. The van der Waals surface area contributed by atoms with Crippen LogP contribution in [-0.4, -0.2) is 29.6 Å². The van der Waals surface area contributed by atoms with E-state index in [1.165, 1.54) is 0 Å². The third-order valence-corrected chi connectivity index (χ3v) is 4.14. The summed E-state index contributed by atoms with van der Waals surface area (Å²) in [5.41, 5.74) is 0. The van der Waals surface area contributed by atoms with Crippen molar-refractivity contribution < 1.29 is 19.4 Å². The molecule has 0 saturated heterocycles. The van der Waals surface area contributed by atoms with Crippen LogP contribution in [0.25, 0.3) is 0 Å². The van der Waals surface area contributed by atoms with Crippen LogP contribution in [0.2, 0.25) is 0 Å². The minimum absolute atomic E-state index is 0.00825. The number of nitrogens with one attached hydrogen (secondary N) is 1. The molecule has 0 heterocycles. The molecular formula is C17H23NO4. The zero-order valence-corrected chi connectivity index (χ0v) is 12.8. The highest BCUT2D eigenvalue weighted by molar-refractivity contribution is 5.79. The maximum absolute atomic E-state index is 12.1. The van der Waals surface area contributed by atoms with Crippen LogP contribution in [-0.2, 0) is 9.59 Å². The molecule has 1 aromatic carbocycles. The molecule has 1 unspecified atom stereocenters. The number of carbonyl (C=O) groups is 2. The van der Waals surface area contributed by atoms with E-state index in [0.29, 0.717) is 25.9 Å². The molecule has 120 valence electrons. The Morgan fingerprint density at radius 3 is 2.68 bits per heavy atom. The van der Waals surface area contributed by atoms with Crippen molar-refractivity contribution in [2.24, 2.45) is 11.8 Å². The summed E-state index contributed by atoms with van der Waals surface area (Å²) >= 11 is 0. The number of rotatable bonds is 7. The lowest BCUT2D eigenvalue weighted by molar-refractivity contribution is -0.141. The molecule has 1 fully saturated rings. The lowest BCUT2D eigenvalue weighted by atomic mass is 10.1. The summed E-state index contributed by atoms with van der Waals surface area (Å²) in [6.07, 6.45) is 2.56. The molecule has 22 heavy (non-hydrogen) atoms. The van der Waals surface area contributed by atoms with Crippen LogP contribution in [0, 0.1) is 11.8 Å². The van der Waals surface area contributed by atoms with Crippen LogP contribution in [0.5, 0.6) is 5.75 Å². The molecule has 0 spiro atoms. The second-order valence-electron chi connectivity index (χ2n) is 5.90. The highest BCUT2D eigenvalue weighted by atomic mass is 16.5. The summed E-state index contributed by atoms with van der Waals surface area (Å²) < 4.78 is 5.59. The fourth-order valence-corrected chi connectivity index (χ4v) is 2.68. The smallest absolute Gasteiger partial charge is 0.306 e. The Morgan fingerprint density at radius 2 is 2.05 bits per heavy atom. The molecule has 1 aliphatic rings. The number of aliphatic carboxylic acids is 1. The van der Waals surface area contributed by atoms with Crippen molar-refractivity contribution in [1.29, 1.82) is 0 Å². The van der Waals surface area contributed by atoms with Gasteiger partial charge in [0.25, 0.3) is 0 Å². The first-order valence-electron chi connectivity index (χ1n) is 7.77. The van der Waals surface area contributed by atoms with Crippen LogP contribution in [0.15, 0.2) is 30.3 Å². The molecule has 5 nitrogen and oxygen atoms in total. The number of hydrogen-bond donors (Lipinski definition) is 2. The molecule has 5 heteroatoms. The van der Waals surface area contributed by atoms with Crippen LogP contribution >= 0.6 is 0 Å². The van der Waals surface area contributed by atoms with Crippen molar-refractivity contribution in [3.63, 3.8) is 0 Å². The van der Waals surface area contributed by atoms with Gasteiger partial charge in [-0.3, -0.25) is 9.59 Å². The first kappa shape index (κ1) is 16.3. The Balaban J connectivity index is 1.68. The third-order valence-electron chi connectivity index (χ3n) is 4.14. The van der Waals surface area contributed by atoms with Gasteiger partial charge in [0.2, 0.25) is 5.91 Å². The Hall–Kier alpha value is -2.04. The van der Waals surface area contributed by atoms with Gasteiger partial charge in [0.1, 0.15) is 5.75 Å². The van der Waals surface area contributed by atoms with E-state index < -0.39 is 5.97 Å². The van der Waals surface area contributed by atoms with Gasteiger partial charge in [0.05, 0.1) is 12.5 Å². The van der Waals surface area contributed by atoms with Gasteiger partial charge in [-0.05, 0) is 37.8 Å². The fourth-order valence-electron chi connectivity index (χ4n) is 2.68. The van der Waals surface area contributed by atoms with Crippen molar-refractivity contribution in [3.8, 4) is 5.75 Å².